The molecule has 0 aliphatic heterocycles. The summed E-state index contributed by atoms with van der Waals surface area (Å²) < 4.78 is 0. The van der Waals surface area contributed by atoms with Crippen LogP contribution in [0.15, 0.2) is 21.6 Å². The molecule has 1 heterocycles. The molecule has 4 N–H and O–H groups in total. The normalized spacial score (nSPS) is 22.2. The first-order valence-corrected chi connectivity index (χ1v) is 9.72. The van der Waals surface area contributed by atoms with Gasteiger partial charge in [-0.15, -0.1) is 23.1 Å². The Balaban J connectivity index is 1.99. The molecule has 10 heteroatoms. The number of anilines is 1. The smallest absolute Gasteiger partial charge is 0.263 e. The highest BCUT2D eigenvalue weighted by Gasteiger charge is 2.26. The number of aliphatic imine (C=N–C) groups is 1. The van der Waals surface area contributed by atoms with Crippen molar-refractivity contribution in [1.82, 2.24) is 10.3 Å². The second-order valence-electron chi connectivity index (χ2n) is 5.50. The SMILES string of the molecule is CN=C(N)Nc1nc(C2CCCC(NC(=C[N+](=O)[O-])SC)C2)cs1. The Morgan fingerprint density at radius 2 is 2.42 bits per heavy atom. The van der Waals surface area contributed by atoms with Gasteiger partial charge in [0.15, 0.2) is 11.1 Å². The number of hydrogen-bond acceptors (Lipinski definition) is 7. The minimum atomic E-state index is -0.419. The summed E-state index contributed by atoms with van der Waals surface area (Å²) in [5.74, 6) is 0.690. The van der Waals surface area contributed by atoms with Gasteiger partial charge >= 0.3 is 0 Å². The molecule has 0 radical (unpaired) electrons. The van der Waals surface area contributed by atoms with Gasteiger partial charge in [-0.3, -0.25) is 15.1 Å². The molecule has 132 valence electrons. The van der Waals surface area contributed by atoms with Crippen molar-refractivity contribution >= 4 is 34.2 Å². The highest BCUT2D eigenvalue weighted by Crippen LogP contribution is 2.35. The van der Waals surface area contributed by atoms with Crippen LogP contribution < -0.4 is 16.4 Å². The molecular weight excluding hydrogens is 348 g/mol. The third kappa shape index (κ3) is 5.38. The summed E-state index contributed by atoms with van der Waals surface area (Å²) in [4.78, 5) is 18.7. The first kappa shape index (κ1) is 18.5. The Bertz CT molecular complexity index is 631. The molecule has 1 aromatic heterocycles. The van der Waals surface area contributed by atoms with Crippen molar-refractivity contribution in [3.05, 3.63) is 32.4 Å². The Hall–Kier alpha value is -1.81. The van der Waals surface area contributed by atoms with Gasteiger partial charge in [0.1, 0.15) is 5.03 Å². The van der Waals surface area contributed by atoms with Gasteiger partial charge in [-0.25, -0.2) is 4.98 Å². The highest BCUT2D eigenvalue weighted by molar-refractivity contribution is 8.02. The first-order chi connectivity index (χ1) is 11.5. The van der Waals surface area contributed by atoms with E-state index in [0.717, 1.165) is 42.7 Å². The van der Waals surface area contributed by atoms with Gasteiger partial charge in [0, 0.05) is 24.4 Å². The van der Waals surface area contributed by atoms with Crippen LogP contribution in [0.25, 0.3) is 0 Å². The van der Waals surface area contributed by atoms with Gasteiger partial charge in [-0.1, -0.05) is 6.42 Å². The summed E-state index contributed by atoms with van der Waals surface area (Å²) in [5.41, 5.74) is 6.70. The van der Waals surface area contributed by atoms with E-state index in [9.17, 15) is 10.1 Å². The van der Waals surface area contributed by atoms with E-state index in [1.807, 2.05) is 11.6 Å². The fraction of sp³-hybridized carbons (Fsp3) is 0.571. The average molecular weight is 371 g/mol. The van der Waals surface area contributed by atoms with E-state index in [1.165, 1.54) is 23.1 Å². The summed E-state index contributed by atoms with van der Waals surface area (Å²) in [6.07, 6.45) is 6.94. The molecule has 1 aliphatic carbocycles. The maximum Gasteiger partial charge on any atom is 0.263 e. The second kappa shape index (κ2) is 8.88. The van der Waals surface area contributed by atoms with E-state index in [-0.39, 0.29) is 6.04 Å². The molecule has 0 amide bonds. The van der Waals surface area contributed by atoms with Crippen LogP contribution >= 0.6 is 23.1 Å². The van der Waals surface area contributed by atoms with Crippen LogP contribution in [0.3, 0.4) is 0 Å². The summed E-state index contributed by atoms with van der Waals surface area (Å²) >= 11 is 2.87. The van der Waals surface area contributed by atoms with Crippen molar-refractivity contribution in [1.29, 1.82) is 0 Å². The lowest BCUT2D eigenvalue weighted by Gasteiger charge is -2.29. The number of hydrogen-bond donors (Lipinski definition) is 3. The summed E-state index contributed by atoms with van der Waals surface area (Å²) in [6, 6.07) is 0.225. The number of nitrogens with zero attached hydrogens (tertiary/aromatic N) is 3. The highest BCUT2D eigenvalue weighted by atomic mass is 32.2. The van der Waals surface area contributed by atoms with Crippen LogP contribution in [0, 0.1) is 10.1 Å². The van der Waals surface area contributed by atoms with Crippen LogP contribution in [-0.4, -0.2) is 35.2 Å². The lowest BCUT2D eigenvalue weighted by atomic mass is 9.84. The largest absolute Gasteiger partial charge is 0.372 e. The van der Waals surface area contributed by atoms with E-state index >= 15 is 0 Å². The van der Waals surface area contributed by atoms with Crippen LogP contribution in [0.2, 0.25) is 0 Å². The Labute approximate surface area is 149 Å². The van der Waals surface area contributed by atoms with Crippen molar-refractivity contribution in [3.63, 3.8) is 0 Å². The lowest BCUT2D eigenvalue weighted by Crippen LogP contribution is -2.32. The van der Waals surface area contributed by atoms with Gasteiger partial charge in [0.05, 0.1) is 10.6 Å². The molecule has 0 spiro atoms. The van der Waals surface area contributed by atoms with Crippen molar-refractivity contribution < 1.29 is 4.92 Å². The van der Waals surface area contributed by atoms with Gasteiger partial charge in [-0.05, 0) is 25.5 Å². The van der Waals surface area contributed by atoms with E-state index in [1.54, 1.807) is 7.05 Å². The van der Waals surface area contributed by atoms with Crippen LogP contribution in [0.4, 0.5) is 5.13 Å². The summed E-state index contributed by atoms with van der Waals surface area (Å²) in [6.45, 7) is 0. The molecule has 2 unspecified atom stereocenters. The maximum atomic E-state index is 10.7. The van der Waals surface area contributed by atoms with Gasteiger partial charge in [-0.2, -0.15) is 0 Å². The summed E-state index contributed by atoms with van der Waals surface area (Å²) in [7, 11) is 1.62. The number of thioether (sulfide) groups is 1. The molecule has 2 rings (SSSR count). The zero-order valence-electron chi connectivity index (χ0n) is 13.7. The average Bonchev–Trinajstić information content (AvgIpc) is 3.02. The monoisotopic (exact) mass is 370 g/mol. The lowest BCUT2D eigenvalue weighted by molar-refractivity contribution is -0.403. The Kier molecular flexibility index (Phi) is 6.85. The molecule has 0 aromatic carbocycles. The van der Waals surface area contributed by atoms with Crippen LogP contribution in [0.5, 0.6) is 0 Å². The van der Waals surface area contributed by atoms with E-state index in [2.05, 4.69) is 20.6 Å². The molecule has 0 saturated heterocycles. The topological polar surface area (TPSA) is 118 Å². The van der Waals surface area contributed by atoms with E-state index in [0.29, 0.717) is 16.9 Å². The number of guanidine groups is 1. The second-order valence-corrected chi connectivity index (χ2v) is 7.21. The number of thiazole rings is 1. The Morgan fingerprint density at radius 3 is 3.08 bits per heavy atom. The van der Waals surface area contributed by atoms with Crippen molar-refractivity contribution in [2.24, 2.45) is 10.7 Å². The van der Waals surface area contributed by atoms with Crippen molar-refractivity contribution in [3.8, 4) is 0 Å². The third-order valence-electron chi connectivity index (χ3n) is 3.88. The van der Waals surface area contributed by atoms with Gasteiger partial charge in [0.25, 0.3) is 6.20 Å². The van der Waals surface area contributed by atoms with E-state index in [4.69, 9.17) is 5.73 Å². The minimum absolute atomic E-state index is 0.225. The van der Waals surface area contributed by atoms with Gasteiger partial charge < -0.3 is 16.4 Å². The van der Waals surface area contributed by atoms with Crippen LogP contribution in [0.1, 0.15) is 37.3 Å². The summed E-state index contributed by atoms with van der Waals surface area (Å²) in [5, 5.41) is 20.3. The molecular formula is C14H22N6O2S2. The molecule has 1 saturated carbocycles. The number of nitrogens with two attached hydrogens (primary N) is 1. The zero-order valence-corrected chi connectivity index (χ0v) is 15.3. The number of aromatic nitrogens is 1. The fourth-order valence-corrected chi connectivity index (χ4v) is 4.01. The van der Waals surface area contributed by atoms with Crippen molar-refractivity contribution in [2.75, 3.05) is 18.6 Å². The van der Waals surface area contributed by atoms with Gasteiger partial charge in [0.2, 0.25) is 0 Å². The molecule has 1 aromatic rings. The first-order valence-electron chi connectivity index (χ1n) is 7.62. The predicted molar refractivity (Wildman–Crippen MR) is 100 cm³/mol. The Morgan fingerprint density at radius 1 is 1.62 bits per heavy atom. The van der Waals surface area contributed by atoms with Crippen molar-refractivity contribution in [2.45, 2.75) is 37.6 Å². The number of nitrogens with one attached hydrogen (secondary N) is 2. The molecule has 24 heavy (non-hydrogen) atoms. The molecule has 1 fully saturated rings. The zero-order chi connectivity index (χ0) is 17.5. The number of rotatable bonds is 6. The number of nitro groups is 1. The fourth-order valence-electron chi connectivity index (χ4n) is 2.73. The predicted octanol–water partition coefficient (Wildman–Crippen LogP) is 2.55. The standard InChI is InChI=1S/C14H22N6O2S2/c1-16-13(15)19-14-18-11(8-24-14)9-4-3-5-10(6-9)17-12(23-2)7-20(21)22/h7-10,17H,3-6H2,1-2H3,(H3,15,16,18,19). The maximum absolute atomic E-state index is 10.7. The molecule has 2 atom stereocenters. The van der Waals surface area contributed by atoms with E-state index < -0.39 is 4.92 Å². The molecule has 0 bridgehead atoms. The third-order valence-corrected chi connectivity index (χ3v) is 5.32. The minimum Gasteiger partial charge on any atom is -0.372 e. The molecule has 8 nitrogen and oxygen atoms in total. The quantitative estimate of drug-likeness (QED) is 0.305. The molecule has 1 aliphatic rings. The van der Waals surface area contributed by atoms with Crippen LogP contribution in [-0.2, 0) is 0 Å².